The normalized spacial score (nSPS) is 35.9. The van der Waals surface area contributed by atoms with Gasteiger partial charge < -0.3 is 15.3 Å². The summed E-state index contributed by atoms with van der Waals surface area (Å²) in [6.45, 7) is 1.14. The Kier molecular flexibility index (Phi) is 3.14. The minimum atomic E-state index is -1.53. The number of hydrogen-bond donors (Lipinski definition) is 4. The Morgan fingerprint density at radius 1 is 1.56 bits per heavy atom. The maximum Gasteiger partial charge on any atom is 0.328 e. The summed E-state index contributed by atoms with van der Waals surface area (Å²) in [5.74, 6) is -0.496. The molecule has 0 spiro atoms. The summed E-state index contributed by atoms with van der Waals surface area (Å²) in [6, 6.07) is 0.491. The van der Waals surface area contributed by atoms with E-state index in [1.54, 1.807) is 0 Å². The summed E-state index contributed by atoms with van der Waals surface area (Å²) < 4.78 is 1.18. The van der Waals surface area contributed by atoms with E-state index in [9.17, 15) is 19.8 Å². The highest BCUT2D eigenvalue weighted by Crippen LogP contribution is 2.42. The lowest BCUT2D eigenvalue weighted by molar-refractivity contribution is -0.0788. The number of rotatable bonds is 2. The summed E-state index contributed by atoms with van der Waals surface area (Å²) in [6.07, 6.45) is 0.426. The van der Waals surface area contributed by atoms with Crippen LogP contribution in [0, 0.1) is 5.92 Å². The van der Waals surface area contributed by atoms with Crippen molar-refractivity contribution in [2.75, 3.05) is 6.61 Å². The van der Waals surface area contributed by atoms with Crippen LogP contribution >= 0.6 is 0 Å². The third-order valence-corrected chi connectivity index (χ3v) is 3.67. The van der Waals surface area contributed by atoms with Crippen LogP contribution in [0.2, 0.25) is 0 Å². The fraction of sp³-hybridized carbons (Fsp3) is 0.636. The molecule has 1 aromatic rings. The fourth-order valence-electron chi connectivity index (χ4n) is 2.57. The van der Waals surface area contributed by atoms with E-state index in [0.717, 1.165) is 0 Å². The van der Waals surface area contributed by atoms with Crippen LogP contribution in [0.15, 0.2) is 21.9 Å². The lowest BCUT2D eigenvalue weighted by Gasteiger charge is -2.29. The molecule has 4 atom stereocenters. The van der Waals surface area contributed by atoms with Gasteiger partial charge in [0, 0.05) is 24.8 Å². The van der Waals surface area contributed by atoms with E-state index in [0.29, 0.717) is 0 Å². The zero-order valence-corrected chi connectivity index (χ0v) is 9.91. The molecular formula is C11H16N2O5. The Bertz CT molecular complexity index is 547. The van der Waals surface area contributed by atoms with Crippen molar-refractivity contribution in [2.45, 2.75) is 31.1 Å². The van der Waals surface area contributed by atoms with Crippen molar-refractivity contribution in [3.8, 4) is 0 Å². The van der Waals surface area contributed by atoms with E-state index in [4.69, 9.17) is 5.11 Å². The number of aliphatic hydroxyl groups excluding tert-OH is 2. The molecule has 1 aliphatic carbocycles. The molecule has 7 heteroatoms. The first-order valence-corrected chi connectivity index (χ1v) is 5.70. The number of aromatic nitrogens is 2. The molecule has 0 amide bonds. The maximum atomic E-state index is 11.7. The number of hydrogen-bond acceptors (Lipinski definition) is 5. The van der Waals surface area contributed by atoms with Gasteiger partial charge in [0.2, 0.25) is 0 Å². The quantitative estimate of drug-likeness (QED) is 0.498. The van der Waals surface area contributed by atoms with Crippen LogP contribution in [-0.4, -0.2) is 43.2 Å². The predicted octanol–water partition coefficient (Wildman–Crippen LogP) is -1.80. The fourth-order valence-corrected chi connectivity index (χ4v) is 2.57. The van der Waals surface area contributed by atoms with Crippen molar-refractivity contribution in [2.24, 2.45) is 5.92 Å². The van der Waals surface area contributed by atoms with E-state index >= 15 is 0 Å². The standard InChI is InChI=1S/C11H16N2O5/c1-11(18)7(4-6(5-14)9(11)16)13-3-2-8(15)12-10(13)17/h2-3,6-7,9,14,16,18H,4-5H2,1H3,(H,12,15,17)/t6-,7-,9-,11+/m1/s1. The molecule has 0 aliphatic heterocycles. The highest BCUT2D eigenvalue weighted by Gasteiger charge is 2.51. The topological polar surface area (TPSA) is 116 Å². The van der Waals surface area contributed by atoms with Gasteiger partial charge in [-0.2, -0.15) is 0 Å². The molecule has 7 nitrogen and oxygen atoms in total. The molecule has 0 aromatic carbocycles. The first-order valence-electron chi connectivity index (χ1n) is 5.70. The Hall–Kier alpha value is -1.44. The largest absolute Gasteiger partial charge is 0.396 e. The van der Waals surface area contributed by atoms with Crippen molar-refractivity contribution in [1.29, 1.82) is 0 Å². The van der Waals surface area contributed by atoms with Crippen LogP contribution < -0.4 is 11.2 Å². The maximum absolute atomic E-state index is 11.7. The van der Waals surface area contributed by atoms with Crippen LogP contribution in [0.3, 0.4) is 0 Å². The average molecular weight is 256 g/mol. The molecule has 100 valence electrons. The molecular weight excluding hydrogens is 240 g/mol. The smallest absolute Gasteiger partial charge is 0.328 e. The van der Waals surface area contributed by atoms with Crippen molar-refractivity contribution < 1.29 is 15.3 Å². The average Bonchev–Trinajstić information content (AvgIpc) is 2.52. The summed E-state index contributed by atoms with van der Waals surface area (Å²) in [5, 5.41) is 29.3. The summed E-state index contributed by atoms with van der Waals surface area (Å²) in [5.41, 5.74) is -2.69. The second-order valence-electron chi connectivity index (χ2n) is 4.88. The second kappa shape index (κ2) is 4.34. The van der Waals surface area contributed by atoms with Gasteiger partial charge in [-0.05, 0) is 13.3 Å². The molecule has 1 aliphatic rings. The number of H-pyrrole nitrogens is 1. The Labute approximate surface area is 102 Å². The molecule has 1 heterocycles. The van der Waals surface area contributed by atoms with Crippen LogP contribution in [-0.2, 0) is 0 Å². The Morgan fingerprint density at radius 2 is 2.22 bits per heavy atom. The summed E-state index contributed by atoms with van der Waals surface area (Å²) >= 11 is 0. The highest BCUT2D eigenvalue weighted by atomic mass is 16.3. The molecule has 1 fully saturated rings. The number of aliphatic hydroxyl groups is 3. The van der Waals surface area contributed by atoms with Gasteiger partial charge in [0.15, 0.2) is 0 Å². The first-order chi connectivity index (χ1) is 8.37. The van der Waals surface area contributed by atoms with Crippen LogP contribution in [0.25, 0.3) is 0 Å². The van der Waals surface area contributed by atoms with Gasteiger partial charge in [0.25, 0.3) is 5.56 Å². The lowest BCUT2D eigenvalue weighted by Crippen LogP contribution is -2.46. The van der Waals surface area contributed by atoms with Gasteiger partial charge in [-0.1, -0.05) is 0 Å². The summed E-state index contributed by atoms with van der Waals surface area (Å²) in [7, 11) is 0. The van der Waals surface area contributed by atoms with E-state index in [2.05, 4.69) is 4.98 Å². The van der Waals surface area contributed by atoms with Gasteiger partial charge >= 0.3 is 5.69 Å². The Morgan fingerprint density at radius 3 is 2.72 bits per heavy atom. The minimum absolute atomic E-state index is 0.261. The second-order valence-corrected chi connectivity index (χ2v) is 4.88. The molecule has 1 saturated carbocycles. The molecule has 0 bridgehead atoms. The van der Waals surface area contributed by atoms with Crippen LogP contribution in [0.4, 0.5) is 0 Å². The third-order valence-electron chi connectivity index (χ3n) is 3.67. The van der Waals surface area contributed by atoms with Gasteiger partial charge in [-0.25, -0.2) is 4.79 Å². The lowest BCUT2D eigenvalue weighted by atomic mass is 9.96. The Balaban J connectivity index is 2.45. The van der Waals surface area contributed by atoms with Gasteiger partial charge in [-0.15, -0.1) is 0 Å². The van der Waals surface area contributed by atoms with E-state index in [1.165, 1.54) is 23.8 Å². The molecule has 0 radical (unpaired) electrons. The van der Waals surface area contributed by atoms with Crippen molar-refractivity contribution in [1.82, 2.24) is 9.55 Å². The van der Waals surface area contributed by atoms with Crippen molar-refractivity contribution in [3.63, 3.8) is 0 Å². The van der Waals surface area contributed by atoms with Crippen molar-refractivity contribution in [3.05, 3.63) is 33.1 Å². The zero-order chi connectivity index (χ0) is 13.5. The van der Waals surface area contributed by atoms with Gasteiger partial charge in [0.05, 0.1) is 12.1 Å². The van der Waals surface area contributed by atoms with Gasteiger partial charge in [-0.3, -0.25) is 14.3 Å². The van der Waals surface area contributed by atoms with E-state index < -0.39 is 34.9 Å². The molecule has 0 saturated heterocycles. The molecule has 4 N–H and O–H groups in total. The highest BCUT2D eigenvalue weighted by molar-refractivity contribution is 5.05. The van der Waals surface area contributed by atoms with Crippen LogP contribution in [0.1, 0.15) is 19.4 Å². The molecule has 0 unspecified atom stereocenters. The predicted molar refractivity (Wildman–Crippen MR) is 62.2 cm³/mol. The zero-order valence-electron chi connectivity index (χ0n) is 9.91. The summed E-state index contributed by atoms with van der Waals surface area (Å²) in [4.78, 5) is 24.7. The minimum Gasteiger partial charge on any atom is -0.396 e. The number of nitrogens with one attached hydrogen (secondary N) is 1. The SMILES string of the molecule is C[C@@]1(O)[C@H](O)[C@@H](CO)C[C@H]1n1ccc(=O)[nH]c1=O. The third kappa shape index (κ3) is 1.90. The number of aromatic amines is 1. The molecule has 1 aromatic heterocycles. The van der Waals surface area contributed by atoms with Gasteiger partial charge in [0.1, 0.15) is 5.60 Å². The monoisotopic (exact) mass is 256 g/mol. The van der Waals surface area contributed by atoms with Crippen LogP contribution in [0.5, 0.6) is 0 Å². The van der Waals surface area contributed by atoms with E-state index in [-0.39, 0.29) is 13.0 Å². The van der Waals surface area contributed by atoms with E-state index in [1.807, 2.05) is 0 Å². The van der Waals surface area contributed by atoms with Crippen molar-refractivity contribution >= 4 is 0 Å². The molecule has 18 heavy (non-hydrogen) atoms. The number of nitrogens with zero attached hydrogens (tertiary/aromatic N) is 1. The molecule has 2 rings (SSSR count). The first kappa shape index (κ1) is 13.0.